The second-order valence-corrected chi connectivity index (χ2v) is 4.74. The van der Waals surface area contributed by atoms with Crippen molar-refractivity contribution in [3.8, 4) is 6.07 Å². The van der Waals surface area contributed by atoms with Crippen LogP contribution in [-0.4, -0.2) is 32.1 Å². The van der Waals surface area contributed by atoms with E-state index in [1.807, 2.05) is 6.07 Å². The van der Waals surface area contributed by atoms with Gasteiger partial charge in [0.2, 0.25) is 5.91 Å². The molecule has 0 aliphatic carbocycles. The lowest BCUT2D eigenvalue weighted by atomic mass is 10.2. The number of carbonyl (C=O) groups is 2. The summed E-state index contributed by atoms with van der Waals surface area (Å²) >= 11 is 0. The zero-order valence-electron chi connectivity index (χ0n) is 13.2. The fourth-order valence-corrected chi connectivity index (χ4v) is 1.76. The minimum absolute atomic E-state index is 0.158. The molecular formula is C16H20N4O3. The first kappa shape index (κ1) is 18.2. The number of anilines is 2. The van der Waals surface area contributed by atoms with Crippen molar-refractivity contribution in [3.63, 3.8) is 0 Å². The van der Waals surface area contributed by atoms with Crippen molar-refractivity contribution in [2.75, 3.05) is 30.9 Å². The Kier molecular flexibility index (Phi) is 7.30. The van der Waals surface area contributed by atoms with Crippen molar-refractivity contribution in [2.45, 2.75) is 13.3 Å². The summed E-state index contributed by atoms with van der Waals surface area (Å²) in [6.07, 6.45) is 1.86. The Labute approximate surface area is 135 Å². The number of hydrogen-bond acceptors (Lipinski definition) is 5. The maximum Gasteiger partial charge on any atom is 0.263 e. The standard InChI is InChI=1S/C16H20N4O3/c1-12(21)20(15-6-4-14(18)5-7-15)11-13(10-17)16(22)19-8-3-9-23-2/h4-7,11H,3,8-9,18H2,1-2H3,(H,19,22)/b13-11-. The van der Waals surface area contributed by atoms with Crippen LogP contribution in [0.5, 0.6) is 0 Å². The molecule has 0 fully saturated rings. The van der Waals surface area contributed by atoms with Gasteiger partial charge in [0.1, 0.15) is 11.6 Å². The number of nitrogens with two attached hydrogens (primary N) is 1. The fourth-order valence-electron chi connectivity index (χ4n) is 1.76. The zero-order chi connectivity index (χ0) is 17.2. The Bertz CT molecular complexity index is 617. The van der Waals surface area contributed by atoms with Gasteiger partial charge in [0.15, 0.2) is 0 Å². The molecule has 0 heterocycles. The molecule has 23 heavy (non-hydrogen) atoms. The summed E-state index contributed by atoms with van der Waals surface area (Å²) in [6.45, 7) is 2.24. The first-order valence-corrected chi connectivity index (χ1v) is 7.04. The van der Waals surface area contributed by atoms with E-state index in [1.165, 1.54) is 18.0 Å². The van der Waals surface area contributed by atoms with E-state index in [9.17, 15) is 9.59 Å². The Morgan fingerprint density at radius 2 is 2.04 bits per heavy atom. The Morgan fingerprint density at radius 1 is 1.39 bits per heavy atom. The SMILES string of the molecule is COCCCNC(=O)/C(C#N)=C\N(C(C)=O)c1ccc(N)cc1. The average Bonchev–Trinajstić information content (AvgIpc) is 2.53. The Morgan fingerprint density at radius 3 is 2.57 bits per heavy atom. The molecule has 7 nitrogen and oxygen atoms in total. The highest BCUT2D eigenvalue weighted by Gasteiger charge is 2.14. The molecule has 1 aromatic rings. The van der Waals surface area contributed by atoms with Gasteiger partial charge in [-0.3, -0.25) is 14.5 Å². The van der Waals surface area contributed by atoms with E-state index in [0.29, 0.717) is 30.9 Å². The molecule has 0 spiro atoms. The van der Waals surface area contributed by atoms with Crippen LogP contribution in [0.3, 0.4) is 0 Å². The largest absolute Gasteiger partial charge is 0.399 e. The number of rotatable bonds is 7. The maximum absolute atomic E-state index is 12.0. The molecule has 3 N–H and O–H groups in total. The van der Waals surface area contributed by atoms with Crippen molar-refractivity contribution in [1.82, 2.24) is 5.32 Å². The van der Waals surface area contributed by atoms with E-state index in [0.717, 1.165) is 0 Å². The van der Waals surface area contributed by atoms with Gasteiger partial charge in [0, 0.05) is 44.8 Å². The molecule has 0 radical (unpaired) electrons. The number of benzene rings is 1. The van der Waals surface area contributed by atoms with Crippen molar-refractivity contribution in [3.05, 3.63) is 36.0 Å². The van der Waals surface area contributed by atoms with Gasteiger partial charge >= 0.3 is 0 Å². The quantitative estimate of drug-likeness (QED) is 0.340. The number of methoxy groups -OCH3 is 1. The predicted octanol–water partition coefficient (Wildman–Crippen LogP) is 1.18. The van der Waals surface area contributed by atoms with E-state index in [2.05, 4.69) is 5.32 Å². The predicted molar refractivity (Wildman–Crippen MR) is 87.2 cm³/mol. The minimum atomic E-state index is -0.537. The molecule has 0 bridgehead atoms. The summed E-state index contributed by atoms with van der Waals surface area (Å²) in [5.41, 5.74) is 6.53. The number of nitriles is 1. The molecule has 1 rings (SSSR count). The lowest BCUT2D eigenvalue weighted by Crippen LogP contribution is -2.29. The summed E-state index contributed by atoms with van der Waals surface area (Å²) < 4.78 is 4.88. The molecule has 2 amide bonds. The zero-order valence-corrected chi connectivity index (χ0v) is 13.2. The van der Waals surface area contributed by atoms with Crippen LogP contribution in [0.25, 0.3) is 0 Å². The molecule has 1 aromatic carbocycles. The van der Waals surface area contributed by atoms with Gasteiger partial charge in [-0.1, -0.05) is 0 Å². The molecular weight excluding hydrogens is 296 g/mol. The monoisotopic (exact) mass is 316 g/mol. The smallest absolute Gasteiger partial charge is 0.263 e. The number of carbonyl (C=O) groups excluding carboxylic acids is 2. The normalized spacial score (nSPS) is 10.7. The van der Waals surface area contributed by atoms with Gasteiger partial charge in [-0.05, 0) is 30.7 Å². The van der Waals surface area contributed by atoms with Crippen LogP contribution in [0.2, 0.25) is 0 Å². The molecule has 0 aliphatic heterocycles. The topological polar surface area (TPSA) is 108 Å². The highest BCUT2D eigenvalue weighted by molar-refractivity contribution is 6.01. The summed E-state index contributed by atoms with van der Waals surface area (Å²) in [5.74, 6) is -0.861. The molecule has 0 unspecified atom stereocenters. The first-order valence-electron chi connectivity index (χ1n) is 7.04. The van der Waals surface area contributed by atoms with E-state index in [1.54, 1.807) is 31.4 Å². The number of nitrogen functional groups attached to an aromatic ring is 1. The highest BCUT2D eigenvalue weighted by atomic mass is 16.5. The summed E-state index contributed by atoms with van der Waals surface area (Å²) in [4.78, 5) is 25.0. The van der Waals surface area contributed by atoms with Crippen LogP contribution >= 0.6 is 0 Å². The fraction of sp³-hybridized carbons (Fsp3) is 0.312. The van der Waals surface area contributed by atoms with Gasteiger partial charge in [0.05, 0.1) is 0 Å². The van der Waals surface area contributed by atoms with Gasteiger partial charge in [-0.15, -0.1) is 0 Å². The molecule has 0 aromatic heterocycles. The highest BCUT2D eigenvalue weighted by Crippen LogP contribution is 2.18. The van der Waals surface area contributed by atoms with Crippen LogP contribution in [0.1, 0.15) is 13.3 Å². The molecule has 0 atom stereocenters. The lowest BCUT2D eigenvalue weighted by molar-refractivity contribution is -0.117. The van der Waals surface area contributed by atoms with E-state index >= 15 is 0 Å². The van der Waals surface area contributed by atoms with Crippen LogP contribution in [0, 0.1) is 11.3 Å². The number of nitrogens with zero attached hydrogens (tertiary/aromatic N) is 2. The van der Waals surface area contributed by atoms with E-state index in [4.69, 9.17) is 15.7 Å². The second-order valence-electron chi connectivity index (χ2n) is 4.74. The summed E-state index contributed by atoms with van der Waals surface area (Å²) in [5, 5.41) is 11.8. The molecule has 0 aliphatic rings. The third-order valence-corrected chi connectivity index (χ3v) is 2.94. The van der Waals surface area contributed by atoms with Gasteiger partial charge < -0.3 is 15.8 Å². The number of amides is 2. The van der Waals surface area contributed by atoms with Crippen molar-refractivity contribution in [1.29, 1.82) is 5.26 Å². The lowest BCUT2D eigenvalue weighted by Gasteiger charge is -2.17. The molecule has 122 valence electrons. The average molecular weight is 316 g/mol. The van der Waals surface area contributed by atoms with Crippen molar-refractivity contribution in [2.24, 2.45) is 0 Å². The van der Waals surface area contributed by atoms with Crippen LogP contribution in [-0.2, 0) is 14.3 Å². The summed E-state index contributed by atoms with van der Waals surface area (Å²) in [7, 11) is 1.57. The number of ether oxygens (including phenoxy) is 1. The minimum Gasteiger partial charge on any atom is -0.399 e. The van der Waals surface area contributed by atoms with E-state index < -0.39 is 5.91 Å². The van der Waals surface area contributed by atoms with Crippen LogP contribution in [0.15, 0.2) is 36.0 Å². The number of nitrogens with one attached hydrogen (secondary N) is 1. The van der Waals surface area contributed by atoms with Crippen molar-refractivity contribution >= 4 is 23.2 Å². The maximum atomic E-state index is 12.0. The molecule has 7 heteroatoms. The Balaban J connectivity index is 2.91. The van der Waals surface area contributed by atoms with Crippen LogP contribution in [0.4, 0.5) is 11.4 Å². The molecule has 0 saturated heterocycles. The molecule has 0 saturated carbocycles. The van der Waals surface area contributed by atoms with Crippen LogP contribution < -0.4 is 16.0 Å². The third-order valence-electron chi connectivity index (χ3n) is 2.94. The van der Waals surface area contributed by atoms with Gasteiger partial charge in [0.25, 0.3) is 5.91 Å². The number of hydrogen-bond donors (Lipinski definition) is 2. The summed E-state index contributed by atoms with van der Waals surface area (Å²) in [6, 6.07) is 8.35. The second kappa shape index (κ2) is 9.23. The van der Waals surface area contributed by atoms with E-state index in [-0.39, 0.29) is 11.5 Å². The van der Waals surface area contributed by atoms with Gasteiger partial charge in [-0.25, -0.2) is 0 Å². The third kappa shape index (κ3) is 5.80. The Hall–Kier alpha value is -2.85. The first-order chi connectivity index (χ1) is 11.0. The van der Waals surface area contributed by atoms with Gasteiger partial charge in [-0.2, -0.15) is 5.26 Å². The van der Waals surface area contributed by atoms with Crippen molar-refractivity contribution < 1.29 is 14.3 Å².